The number of allylic oxidation sites excluding steroid dienone is 3. The summed E-state index contributed by atoms with van der Waals surface area (Å²) in [5.74, 6) is -0.415. The lowest BCUT2D eigenvalue weighted by molar-refractivity contribution is 0.370. The third-order valence-electron chi connectivity index (χ3n) is 11.4. The van der Waals surface area contributed by atoms with Gasteiger partial charge in [0.25, 0.3) is 0 Å². The van der Waals surface area contributed by atoms with E-state index in [4.69, 9.17) is 0 Å². The summed E-state index contributed by atoms with van der Waals surface area (Å²) in [6.45, 7) is 12.5. The van der Waals surface area contributed by atoms with E-state index < -0.39 is 5.92 Å². The van der Waals surface area contributed by atoms with Crippen LogP contribution in [0.2, 0.25) is 0 Å². The van der Waals surface area contributed by atoms with Crippen LogP contribution in [0.5, 0.6) is 0 Å². The number of nitrogens with zero attached hydrogens (tertiary/aromatic N) is 4. The lowest BCUT2D eigenvalue weighted by Crippen LogP contribution is -2.26. The van der Waals surface area contributed by atoms with Gasteiger partial charge >= 0.3 is 0 Å². The van der Waals surface area contributed by atoms with Crippen molar-refractivity contribution >= 4 is 60.0 Å². The van der Waals surface area contributed by atoms with Crippen LogP contribution in [0, 0.1) is 22.7 Å². The summed E-state index contributed by atoms with van der Waals surface area (Å²) in [5.41, 5.74) is 5.29. The molecule has 54 heavy (non-hydrogen) atoms. The minimum atomic E-state index is -0.612. The van der Waals surface area contributed by atoms with Crippen LogP contribution in [-0.2, 0) is 0 Å². The first kappa shape index (κ1) is 36.6. The van der Waals surface area contributed by atoms with Gasteiger partial charge in [0.2, 0.25) is 0 Å². The molecule has 0 radical (unpaired) electrons. The first-order valence-corrected chi connectivity index (χ1v) is 19.9. The quantitative estimate of drug-likeness (QED) is 0.0692. The average molecular weight is 711 g/mol. The molecule has 0 spiro atoms. The lowest BCUT2D eigenvalue weighted by Gasteiger charge is -2.36. The fourth-order valence-electron chi connectivity index (χ4n) is 8.59. The van der Waals surface area contributed by atoms with Gasteiger partial charge in [-0.05, 0) is 107 Å². The zero-order valence-electron chi connectivity index (χ0n) is 32.1. The van der Waals surface area contributed by atoms with E-state index in [9.17, 15) is 15.6 Å². The molecule has 6 aromatic rings. The molecule has 0 heterocycles. The smallest absolute Gasteiger partial charge is 0.134 e. The summed E-state index contributed by atoms with van der Waals surface area (Å²) in [6.07, 6.45) is 6.97. The maximum atomic E-state index is 12.4. The van der Waals surface area contributed by atoms with Crippen LogP contribution in [0.3, 0.4) is 0 Å². The van der Waals surface area contributed by atoms with E-state index in [0.29, 0.717) is 11.1 Å². The van der Waals surface area contributed by atoms with Crippen molar-refractivity contribution in [3.05, 3.63) is 125 Å². The highest BCUT2D eigenvalue weighted by Crippen LogP contribution is 2.56. The molecule has 1 aliphatic carbocycles. The Bertz CT molecular complexity index is 2480. The number of rotatable bonds is 14. The van der Waals surface area contributed by atoms with Gasteiger partial charge in [0.05, 0.1) is 5.92 Å². The maximum absolute atomic E-state index is 12.4. The molecule has 0 bridgehead atoms. The van der Waals surface area contributed by atoms with Crippen molar-refractivity contribution in [3.8, 4) is 12.1 Å². The van der Waals surface area contributed by atoms with Gasteiger partial charge in [-0.15, -0.1) is 0 Å². The molecule has 1 aliphatic rings. The van der Waals surface area contributed by atoms with Crippen molar-refractivity contribution in [2.24, 2.45) is 0 Å². The Morgan fingerprint density at radius 3 is 1.59 bits per heavy atom. The van der Waals surface area contributed by atoms with Crippen LogP contribution in [0.1, 0.15) is 83.3 Å². The van der Waals surface area contributed by atoms with Crippen molar-refractivity contribution in [2.45, 2.75) is 72.1 Å². The number of hydrogen-bond donors (Lipinski definition) is 1. The molecule has 1 atom stereocenters. The van der Waals surface area contributed by atoms with Gasteiger partial charge in [0, 0.05) is 59.5 Å². The second-order valence-corrected chi connectivity index (χ2v) is 14.6. The first-order valence-electron chi connectivity index (χ1n) is 19.9. The summed E-state index contributed by atoms with van der Waals surface area (Å²) >= 11 is 0. The van der Waals surface area contributed by atoms with Crippen LogP contribution < -0.4 is 9.80 Å². The van der Waals surface area contributed by atoms with Gasteiger partial charge in [-0.2, -0.15) is 10.5 Å². The second kappa shape index (κ2) is 16.1. The summed E-state index contributed by atoms with van der Waals surface area (Å²) in [6, 6.07) is 38.7. The van der Waals surface area contributed by atoms with E-state index in [1.165, 1.54) is 31.4 Å². The first-order chi connectivity index (χ1) is 26.5. The minimum Gasteiger partial charge on any atom is -0.511 e. The Morgan fingerprint density at radius 1 is 0.593 bits per heavy atom. The molecular weight excluding hydrogens is 661 g/mol. The summed E-state index contributed by atoms with van der Waals surface area (Å²) in [4.78, 5) is 4.89. The Balaban J connectivity index is 1.47. The molecule has 1 N–H and O–H groups in total. The second-order valence-electron chi connectivity index (χ2n) is 14.6. The lowest BCUT2D eigenvalue weighted by atomic mass is 9.68. The molecule has 1 unspecified atom stereocenters. The molecule has 0 fully saturated rings. The van der Waals surface area contributed by atoms with E-state index in [1.807, 2.05) is 6.07 Å². The molecule has 0 aliphatic heterocycles. The van der Waals surface area contributed by atoms with Crippen LogP contribution in [-0.4, -0.2) is 31.3 Å². The van der Waals surface area contributed by atoms with Crippen LogP contribution in [0.4, 0.5) is 11.4 Å². The van der Waals surface area contributed by atoms with E-state index >= 15 is 0 Å². The fourth-order valence-corrected chi connectivity index (χ4v) is 8.59. The van der Waals surface area contributed by atoms with E-state index in [2.05, 4.69) is 141 Å². The number of aliphatic hydroxyl groups is 1. The molecule has 5 nitrogen and oxygen atoms in total. The monoisotopic (exact) mass is 710 g/mol. The van der Waals surface area contributed by atoms with Crippen molar-refractivity contribution < 1.29 is 5.11 Å². The van der Waals surface area contributed by atoms with E-state index in [-0.39, 0.29) is 11.3 Å². The molecule has 0 saturated carbocycles. The molecule has 7 rings (SSSR count). The predicted octanol–water partition coefficient (Wildman–Crippen LogP) is 12.7. The van der Waals surface area contributed by atoms with Crippen molar-refractivity contribution in [3.63, 3.8) is 0 Å². The Morgan fingerprint density at radius 2 is 1.07 bits per heavy atom. The topological polar surface area (TPSA) is 74.3 Å². The van der Waals surface area contributed by atoms with Gasteiger partial charge in [0.1, 0.15) is 23.5 Å². The number of aliphatic hydroxyl groups excluding tert-OH is 1. The third-order valence-corrected chi connectivity index (χ3v) is 11.4. The number of nitriles is 2. The van der Waals surface area contributed by atoms with Crippen molar-refractivity contribution in [2.75, 3.05) is 36.0 Å². The summed E-state index contributed by atoms with van der Waals surface area (Å²) < 4.78 is 0. The molecule has 0 saturated heterocycles. The zero-order valence-corrected chi connectivity index (χ0v) is 32.1. The van der Waals surface area contributed by atoms with Crippen LogP contribution in [0.15, 0.2) is 114 Å². The largest absolute Gasteiger partial charge is 0.511 e. The van der Waals surface area contributed by atoms with Crippen molar-refractivity contribution in [1.82, 2.24) is 0 Å². The average Bonchev–Trinajstić information content (AvgIpc) is 3.20. The van der Waals surface area contributed by atoms with Gasteiger partial charge in [0.15, 0.2) is 0 Å². The number of anilines is 2. The normalized spacial score (nSPS) is 14.0. The Labute approximate surface area is 320 Å². The molecule has 0 aromatic heterocycles. The molecular formula is C49H50N4O. The highest BCUT2D eigenvalue weighted by atomic mass is 16.3. The van der Waals surface area contributed by atoms with E-state index in [1.54, 1.807) is 0 Å². The zero-order chi connectivity index (χ0) is 37.8. The van der Waals surface area contributed by atoms with Gasteiger partial charge < -0.3 is 14.9 Å². The molecule has 6 aromatic carbocycles. The highest BCUT2D eigenvalue weighted by molar-refractivity contribution is 6.13. The third kappa shape index (κ3) is 6.54. The Hall–Kier alpha value is -5.78. The van der Waals surface area contributed by atoms with Gasteiger partial charge in [-0.1, -0.05) is 100 Å². The number of hydrogen-bond acceptors (Lipinski definition) is 5. The number of unbranched alkanes of at least 4 members (excludes halogenated alkanes) is 4. The predicted molar refractivity (Wildman–Crippen MR) is 228 cm³/mol. The minimum absolute atomic E-state index is 0.0355. The van der Waals surface area contributed by atoms with Crippen LogP contribution >= 0.6 is 0 Å². The van der Waals surface area contributed by atoms with E-state index in [0.717, 1.165) is 98.9 Å². The number of fused-ring (bicyclic) bond motifs is 4. The summed E-state index contributed by atoms with van der Waals surface area (Å²) in [7, 11) is 0. The molecule has 5 heteroatoms. The summed E-state index contributed by atoms with van der Waals surface area (Å²) in [5, 5.41) is 42.0. The van der Waals surface area contributed by atoms with Crippen molar-refractivity contribution in [1.29, 1.82) is 10.5 Å². The molecule has 272 valence electrons. The standard InChI is InChI=1S/C49H50N4O/c1-5-9-15-25-53(26-16-10-6-2)45-24-22-39(41-28-34-18-12-14-20-36(34)30-43(41)45)48-46(37(31-50)32-51)47(49(48)54)38-21-23-44(52(7-3)8-4)42-29-35-19-13-11-17-33(35)27-40(38)42/h11-14,17-24,27-30,48,54H,5-10,15-16,25-26H2,1-4H3. The van der Waals surface area contributed by atoms with Crippen LogP contribution in [0.25, 0.3) is 48.7 Å². The Kier molecular flexibility index (Phi) is 10.9. The SMILES string of the molecule is CCCCCN(CCCCC)c1ccc(C2C(O)=C(c3ccc(N(CC)CC)c4cc5ccccc5cc34)C2=C(C#N)C#N)c2cc3ccccc3cc12. The number of benzene rings is 6. The maximum Gasteiger partial charge on any atom is 0.134 e. The highest BCUT2D eigenvalue weighted by Gasteiger charge is 2.42. The van der Waals surface area contributed by atoms with Gasteiger partial charge in [-0.25, -0.2) is 0 Å². The fraction of sp³-hybridized carbons (Fsp3) is 0.306. The molecule has 0 amide bonds. The van der Waals surface area contributed by atoms with Gasteiger partial charge in [-0.3, -0.25) is 0 Å².